The van der Waals surface area contributed by atoms with Crippen LogP contribution in [0.1, 0.15) is 10.4 Å². The van der Waals surface area contributed by atoms with E-state index in [1.54, 1.807) is 18.2 Å². The number of anilines is 1. The number of halogens is 2. The lowest BCUT2D eigenvalue weighted by Crippen LogP contribution is -2.11. The smallest absolute Gasteiger partial charge is 0.250 e. The van der Waals surface area contributed by atoms with Crippen LogP contribution in [0.15, 0.2) is 34.3 Å². The van der Waals surface area contributed by atoms with Gasteiger partial charge in [-0.3, -0.25) is 4.79 Å². The van der Waals surface area contributed by atoms with Crippen LogP contribution in [0.2, 0.25) is 10.2 Å². The molecule has 1 aromatic heterocycles. The number of nitrogens with two attached hydrogens (primary N) is 2. The normalized spacial score (nSPS) is 10.4. The largest absolute Gasteiger partial charge is 0.381 e. The lowest BCUT2D eigenvalue weighted by atomic mass is 10.2. The Bertz CT molecular complexity index is 651. The Morgan fingerprint density at radius 3 is 2.68 bits per heavy atom. The molecule has 1 heterocycles. The molecule has 1 aromatic carbocycles. The number of carbonyl (C=O) groups excluding carboxylic acids is 1. The van der Waals surface area contributed by atoms with E-state index in [4.69, 9.17) is 34.7 Å². The van der Waals surface area contributed by atoms with Crippen molar-refractivity contribution in [1.29, 1.82) is 0 Å². The van der Waals surface area contributed by atoms with Gasteiger partial charge in [0, 0.05) is 4.90 Å². The zero-order valence-corrected chi connectivity index (χ0v) is 11.8. The molecule has 0 fully saturated rings. The fraction of sp³-hybridized carbons (Fsp3) is 0. The summed E-state index contributed by atoms with van der Waals surface area (Å²) in [5, 5.41) is 0.919. The van der Waals surface area contributed by atoms with E-state index in [9.17, 15) is 4.79 Å². The summed E-state index contributed by atoms with van der Waals surface area (Å²) in [5.74, 6) is -0.402. The Morgan fingerprint density at radius 1 is 1.32 bits per heavy atom. The van der Waals surface area contributed by atoms with Gasteiger partial charge in [0.25, 0.3) is 0 Å². The van der Waals surface area contributed by atoms with Gasteiger partial charge in [-0.05, 0) is 12.1 Å². The number of nitrogens with zero attached hydrogens (tertiary/aromatic N) is 2. The van der Waals surface area contributed by atoms with Crippen LogP contribution >= 0.6 is 35.0 Å². The molecule has 19 heavy (non-hydrogen) atoms. The van der Waals surface area contributed by atoms with Crippen molar-refractivity contribution in [2.24, 2.45) is 5.73 Å². The molecule has 0 radical (unpaired) electrons. The zero-order valence-electron chi connectivity index (χ0n) is 9.43. The second kappa shape index (κ2) is 5.64. The number of hydrogen-bond acceptors (Lipinski definition) is 5. The molecule has 0 aliphatic rings. The van der Waals surface area contributed by atoms with Crippen molar-refractivity contribution >= 4 is 46.7 Å². The van der Waals surface area contributed by atoms with Gasteiger partial charge < -0.3 is 11.5 Å². The molecule has 4 N–H and O–H groups in total. The topological polar surface area (TPSA) is 94.9 Å². The van der Waals surface area contributed by atoms with Crippen LogP contribution in [0.3, 0.4) is 0 Å². The first-order valence-corrected chi connectivity index (χ1v) is 6.60. The highest BCUT2D eigenvalue weighted by Crippen LogP contribution is 2.36. The molecule has 1 amide bonds. The van der Waals surface area contributed by atoms with Crippen LogP contribution in [-0.4, -0.2) is 15.9 Å². The number of aromatic nitrogens is 2. The number of benzene rings is 1. The second-order valence-corrected chi connectivity index (χ2v) is 5.26. The fourth-order valence-electron chi connectivity index (χ4n) is 1.33. The Labute approximate surface area is 123 Å². The zero-order chi connectivity index (χ0) is 14.0. The number of hydrogen-bond donors (Lipinski definition) is 2. The quantitative estimate of drug-likeness (QED) is 0.908. The molecule has 0 aliphatic heterocycles. The van der Waals surface area contributed by atoms with E-state index in [2.05, 4.69) is 9.97 Å². The minimum Gasteiger partial charge on any atom is -0.381 e. The molecule has 0 atom stereocenters. The summed E-state index contributed by atoms with van der Waals surface area (Å²) >= 11 is 13.0. The maximum Gasteiger partial charge on any atom is 0.250 e. The van der Waals surface area contributed by atoms with E-state index in [0.717, 1.165) is 0 Å². The molecular weight excluding hydrogens is 307 g/mol. The van der Waals surface area contributed by atoms with Crippen molar-refractivity contribution in [2.75, 3.05) is 5.73 Å². The molecule has 0 saturated heterocycles. The minimum atomic E-state index is -0.595. The molecule has 5 nitrogen and oxygen atoms in total. The highest BCUT2D eigenvalue weighted by Gasteiger charge is 2.13. The van der Waals surface area contributed by atoms with Crippen LogP contribution in [0.5, 0.6) is 0 Å². The summed E-state index contributed by atoms with van der Waals surface area (Å²) in [4.78, 5) is 19.7. The molecule has 0 bridgehead atoms. The minimum absolute atomic E-state index is 0.193. The van der Waals surface area contributed by atoms with E-state index in [1.165, 1.54) is 18.0 Å². The summed E-state index contributed by atoms with van der Waals surface area (Å²) in [6, 6.07) is 4.95. The maximum atomic E-state index is 11.2. The summed E-state index contributed by atoms with van der Waals surface area (Å²) in [7, 11) is 0. The number of amides is 1. The second-order valence-electron chi connectivity index (χ2n) is 3.47. The first kappa shape index (κ1) is 13.9. The molecule has 0 aliphatic carbocycles. The predicted molar refractivity (Wildman–Crippen MR) is 75.5 cm³/mol. The van der Waals surface area contributed by atoms with Crippen molar-refractivity contribution < 1.29 is 4.79 Å². The lowest BCUT2D eigenvalue weighted by molar-refractivity contribution is 0.1000. The standard InChI is InChI=1S/C11H8Cl2N4OS/c12-7-4-16-11(9(14)17-7)19-6-3-1-2-5(8(6)13)10(15)18/h1-4H,(H2,14,17)(H2,15,18). The fourth-order valence-corrected chi connectivity index (χ4v) is 2.62. The first-order valence-electron chi connectivity index (χ1n) is 5.03. The van der Waals surface area contributed by atoms with Gasteiger partial charge in [-0.1, -0.05) is 41.0 Å². The van der Waals surface area contributed by atoms with Gasteiger partial charge >= 0.3 is 0 Å². The Balaban J connectivity index is 2.38. The van der Waals surface area contributed by atoms with Crippen molar-refractivity contribution in [3.63, 3.8) is 0 Å². The van der Waals surface area contributed by atoms with E-state index in [0.29, 0.717) is 9.92 Å². The molecule has 0 unspecified atom stereocenters. The average molecular weight is 315 g/mol. The van der Waals surface area contributed by atoms with Gasteiger partial charge in [0.1, 0.15) is 10.2 Å². The summed E-state index contributed by atoms with van der Waals surface area (Å²) in [6.07, 6.45) is 1.38. The van der Waals surface area contributed by atoms with E-state index in [1.807, 2.05) is 0 Å². The SMILES string of the molecule is NC(=O)c1cccc(Sc2ncc(Cl)nc2N)c1Cl. The molecule has 8 heteroatoms. The van der Waals surface area contributed by atoms with Crippen molar-refractivity contribution in [3.05, 3.63) is 40.1 Å². The number of rotatable bonds is 3. The highest BCUT2D eigenvalue weighted by atomic mass is 35.5. The Kier molecular flexibility index (Phi) is 4.14. The third-order valence-corrected chi connectivity index (χ3v) is 3.94. The van der Waals surface area contributed by atoms with Crippen LogP contribution in [0, 0.1) is 0 Å². The maximum absolute atomic E-state index is 11.2. The van der Waals surface area contributed by atoms with E-state index < -0.39 is 5.91 Å². The number of nitrogen functional groups attached to an aromatic ring is 1. The molecule has 0 spiro atoms. The van der Waals surface area contributed by atoms with Crippen LogP contribution in [0.4, 0.5) is 5.82 Å². The van der Waals surface area contributed by atoms with Gasteiger partial charge in [-0.2, -0.15) is 0 Å². The van der Waals surface area contributed by atoms with Gasteiger partial charge in [-0.25, -0.2) is 9.97 Å². The molecule has 98 valence electrons. The molecule has 2 aromatic rings. The van der Waals surface area contributed by atoms with E-state index in [-0.39, 0.29) is 21.6 Å². The van der Waals surface area contributed by atoms with Gasteiger partial charge in [0.05, 0.1) is 16.8 Å². The van der Waals surface area contributed by atoms with Crippen molar-refractivity contribution in [1.82, 2.24) is 9.97 Å². The van der Waals surface area contributed by atoms with Crippen molar-refractivity contribution in [2.45, 2.75) is 9.92 Å². The predicted octanol–water partition coefficient (Wildman–Crippen LogP) is 2.62. The van der Waals surface area contributed by atoms with Gasteiger partial charge in [-0.15, -0.1) is 0 Å². The Morgan fingerprint density at radius 2 is 2.05 bits per heavy atom. The van der Waals surface area contributed by atoms with Crippen molar-refractivity contribution in [3.8, 4) is 0 Å². The van der Waals surface area contributed by atoms with Crippen LogP contribution in [0.25, 0.3) is 0 Å². The first-order chi connectivity index (χ1) is 8.99. The third-order valence-electron chi connectivity index (χ3n) is 2.17. The van der Waals surface area contributed by atoms with Gasteiger partial charge in [0.2, 0.25) is 5.91 Å². The number of primary amides is 1. The monoisotopic (exact) mass is 314 g/mol. The van der Waals surface area contributed by atoms with Gasteiger partial charge in [0.15, 0.2) is 5.82 Å². The van der Waals surface area contributed by atoms with Crippen LogP contribution < -0.4 is 11.5 Å². The highest BCUT2D eigenvalue weighted by molar-refractivity contribution is 7.99. The summed E-state index contributed by atoms with van der Waals surface area (Å²) < 4.78 is 0. The third kappa shape index (κ3) is 3.09. The number of carbonyl (C=O) groups is 1. The molecular formula is C11H8Cl2N4OS. The lowest BCUT2D eigenvalue weighted by Gasteiger charge is -2.07. The molecule has 0 saturated carbocycles. The molecule has 2 rings (SSSR count). The van der Waals surface area contributed by atoms with E-state index >= 15 is 0 Å². The summed E-state index contributed by atoms with van der Waals surface area (Å²) in [6.45, 7) is 0. The average Bonchev–Trinajstić information content (AvgIpc) is 2.34. The van der Waals surface area contributed by atoms with Crippen LogP contribution in [-0.2, 0) is 0 Å². The summed E-state index contributed by atoms with van der Waals surface area (Å²) in [5.41, 5.74) is 11.2. The Hall–Kier alpha value is -1.50.